The molecular weight excluding hydrogens is 266 g/mol. The Balaban J connectivity index is 2.92. The average Bonchev–Trinajstić information content (AvgIpc) is 2.37. The number of rotatable bonds is 5. The van der Waals surface area contributed by atoms with Gasteiger partial charge in [-0.05, 0) is 31.5 Å². The van der Waals surface area contributed by atoms with E-state index in [9.17, 15) is 9.59 Å². The van der Waals surface area contributed by atoms with Crippen molar-refractivity contribution in [2.24, 2.45) is 16.9 Å². The van der Waals surface area contributed by atoms with E-state index in [4.69, 9.17) is 23.1 Å². The van der Waals surface area contributed by atoms with Crippen LogP contribution in [0.3, 0.4) is 0 Å². The Kier molecular flexibility index (Phi) is 4.91. The lowest BCUT2D eigenvalue weighted by atomic mass is 9.86. The Morgan fingerprint density at radius 1 is 1.42 bits per heavy atom. The van der Waals surface area contributed by atoms with Crippen molar-refractivity contribution in [3.8, 4) is 0 Å². The zero-order valence-electron chi connectivity index (χ0n) is 11.0. The monoisotopic (exact) mass is 283 g/mol. The standard InChI is InChI=1S/C13H18ClN3O2/c1-3-13(2,7-15)12(19)17-8-4-5-9(11(16)18)10(14)6-8/h4-6H,3,7,15H2,1-2H3,(H2,16,18)(H,17,19). The number of halogens is 1. The molecule has 0 radical (unpaired) electrons. The Morgan fingerprint density at radius 3 is 2.47 bits per heavy atom. The number of nitrogens with one attached hydrogen (secondary N) is 1. The molecule has 0 aliphatic heterocycles. The Hall–Kier alpha value is -1.59. The van der Waals surface area contributed by atoms with Crippen molar-refractivity contribution >= 4 is 29.1 Å². The van der Waals surface area contributed by atoms with Crippen LogP contribution >= 0.6 is 11.6 Å². The maximum Gasteiger partial charge on any atom is 0.250 e. The fourth-order valence-corrected chi connectivity index (χ4v) is 1.75. The lowest BCUT2D eigenvalue weighted by molar-refractivity contribution is -0.124. The minimum atomic E-state index is -0.630. The summed E-state index contributed by atoms with van der Waals surface area (Å²) in [6.07, 6.45) is 0.627. The van der Waals surface area contributed by atoms with Gasteiger partial charge in [0.05, 0.1) is 16.0 Å². The molecule has 0 fully saturated rings. The van der Waals surface area contributed by atoms with Crippen LogP contribution in [0.15, 0.2) is 18.2 Å². The van der Waals surface area contributed by atoms with E-state index in [1.54, 1.807) is 13.0 Å². The van der Waals surface area contributed by atoms with Crippen LogP contribution in [0.4, 0.5) is 5.69 Å². The van der Waals surface area contributed by atoms with Crippen molar-refractivity contribution in [1.82, 2.24) is 0 Å². The molecule has 6 heteroatoms. The summed E-state index contributed by atoms with van der Waals surface area (Å²) in [5, 5.41) is 2.94. The third-order valence-electron chi connectivity index (χ3n) is 3.27. The quantitative estimate of drug-likeness (QED) is 0.768. The van der Waals surface area contributed by atoms with Gasteiger partial charge in [0.15, 0.2) is 0 Å². The number of carbonyl (C=O) groups excluding carboxylic acids is 2. The maximum atomic E-state index is 12.1. The normalized spacial score (nSPS) is 13.7. The molecule has 104 valence electrons. The van der Waals surface area contributed by atoms with Crippen molar-refractivity contribution in [2.75, 3.05) is 11.9 Å². The molecule has 1 atom stereocenters. The highest BCUT2D eigenvalue weighted by Gasteiger charge is 2.29. The molecule has 1 unspecified atom stereocenters. The molecule has 19 heavy (non-hydrogen) atoms. The number of amides is 2. The summed E-state index contributed by atoms with van der Waals surface area (Å²) in [6, 6.07) is 4.55. The van der Waals surface area contributed by atoms with Crippen molar-refractivity contribution in [3.63, 3.8) is 0 Å². The molecule has 1 aromatic carbocycles. The van der Waals surface area contributed by atoms with Crippen LogP contribution < -0.4 is 16.8 Å². The summed E-state index contributed by atoms with van der Waals surface area (Å²) in [7, 11) is 0. The van der Waals surface area contributed by atoms with Gasteiger partial charge in [0, 0.05) is 12.2 Å². The molecule has 5 N–H and O–H groups in total. The van der Waals surface area contributed by atoms with Crippen LogP contribution in [0, 0.1) is 5.41 Å². The van der Waals surface area contributed by atoms with Crippen molar-refractivity contribution in [1.29, 1.82) is 0 Å². The second-order valence-electron chi connectivity index (χ2n) is 4.63. The van der Waals surface area contributed by atoms with Crippen LogP contribution in [0.25, 0.3) is 0 Å². The zero-order chi connectivity index (χ0) is 14.6. The third kappa shape index (κ3) is 3.45. The highest BCUT2D eigenvalue weighted by Crippen LogP contribution is 2.24. The molecule has 0 aliphatic rings. The molecule has 0 saturated carbocycles. The number of benzene rings is 1. The van der Waals surface area contributed by atoms with E-state index in [2.05, 4.69) is 5.32 Å². The minimum absolute atomic E-state index is 0.180. The molecule has 0 heterocycles. The number of hydrogen-bond donors (Lipinski definition) is 3. The second kappa shape index (κ2) is 6.04. The lowest BCUT2D eigenvalue weighted by Crippen LogP contribution is -2.39. The first kappa shape index (κ1) is 15.5. The topological polar surface area (TPSA) is 98.2 Å². The van der Waals surface area contributed by atoms with E-state index >= 15 is 0 Å². The summed E-state index contributed by atoms with van der Waals surface area (Å²) in [5.74, 6) is -0.788. The molecular formula is C13H18ClN3O2. The average molecular weight is 284 g/mol. The van der Waals surface area contributed by atoms with Crippen LogP contribution in [0.5, 0.6) is 0 Å². The Labute approximate surface area is 117 Å². The van der Waals surface area contributed by atoms with Crippen LogP contribution in [-0.2, 0) is 4.79 Å². The molecule has 0 saturated heterocycles. The Bertz CT molecular complexity index is 499. The number of anilines is 1. The first-order chi connectivity index (χ1) is 8.84. The van der Waals surface area contributed by atoms with Gasteiger partial charge in [-0.2, -0.15) is 0 Å². The smallest absolute Gasteiger partial charge is 0.250 e. The van der Waals surface area contributed by atoms with E-state index in [0.29, 0.717) is 12.1 Å². The predicted octanol–water partition coefficient (Wildman–Crippen LogP) is 1.75. The number of hydrogen-bond acceptors (Lipinski definition) is 3. The van der Waals surface area contributed by atoms with Gasteiger partial charge in [0.1, 0.15) is 0 Å². The fourth-order valence-electron chi connectivity index (χ4n) is 1.47. The van der Waals surface area contributed by atoms with Crippen LogP contribution in [-0.4, -0.2) is 18.4 Å². The number of nitrogens with two attached hydrogens (primary N) is 2. The highest BCUT2D eigenvalue weighted by atomic mass is 35.5. The maximum absolute atomic E-state index is 12.1. The summed E-state index contributed by atoms with van der Waals surface area (Å²) in [4.78, 5) is 23.1. The fraction of sp³-hybridized carbons (Fsp3) is 0.385. The number of primary amides is 1. The van der Waals surface area contributed by atoms with Gasteiger partial charge >= 0.3 is 0 Å². The van der Waals surface area contributed by atoms with Gasteiger partial charge in [-0.3, -0.25) is 9.59 Å². The van der Waals surface area contributed by atoms with Gasteiger partial charge in [0.2, 0.25) is 11.8 Å². The molecule has 5 nitrogen and oxygen atoms in total. The molecule has 0 bridgehead atoms. The van der Waals surface area contributed by atoms with Gasteiger partial charge in [-0.1, -0.05) is 18.5 Å². The number of carbonyl (C=O) groups is 2. The Morgan fingerprint density at radius 2 is 2.05 bits per heavy atom. The molecule has 1 aromatic rings. The van der Waals surface area contributed by atoms with Crippen molar-refractivity contribution < 1.29 is 9.59 Å². The largest absolute Gasteiger partial charge is 0.366 e. The predicted molar refractivity (Wildman–Crippen MR) is 76.1 cm³/mol. The third-order valence-corrected chi connectivity index (χ3v) is 3.58. The van der Waals surface area contributed by atoms with Crippen LogP contribution in [0.2, 0.25) is 5.02 Å². The minimum Gasteiger partial charge on any atom is -0.366 e. The van der Waals surface area contributed by atoms with E-state index < -0.39 is 11.3 Å². The summed E-state index contributed by atoms with van der Waals surface area (Å²) in [6.45, 7) is 3.94. The summed E-state index contributed by atoms with van der Waals surface area (Å²) < 4.78 is 0. The van der Waals surface area contributed by atoms with E-state index in [-0.39, 0.29) is 23.0 Å². The van der Waals surface area contributed by atoms with Crippen molar-refractivity contribution in [2.45, 2.75) is 20.3 Å². The molecule has 0 aliphatic carbocycles. The molecule has 0 spiro atoms. The van der Waals surface area contributed by atoms with E-state index in [1.807, 2.05) is 6.92 Å². The first-order valence-corrected chi connectivity index (χ1v) is 6.32. The second-order valence-corrected chi connectivity index (χ2v) is 5.04. The summed E-state index contributed by atoms with van der Waals surface area (Å²) >= 11 is 5.91. The zero-order valence-corrected chi connectivity index (χ0v) is 11.8. The van der Waals surface area contributed by atoms with E-state index in [1.165, 1.54) is 12.1 Å². The van der Waals surface area contributed by atoms with E-state index in [0.717, 1.165) is 0 Å². The van der Waals surface area contributed by atoms with Gasteiger partial charge < -0.3 is 16.8 Å². The van der Waals surface area contributed by atoms with Gasteiger partial charge in [-0.15, -0.1) is 0 Å². The van der Waals surface area contributed by atoms with Gasteiger partial charge in [-0.25, -0.2) is 0 Å². The highest BCUT2D eigenvalue weighted by molar-refractivity contribution is 6.34. The van der Waals surface area contributed by atoms with Gasteiger partial charge in [0.25, 0.3) is 0 Å². The SMILES string of the molecule is CCC(C)(CN)C(=O)Nc1ccc(C(N)=O)c(Cl)c1. The molecule has 1 rings (SSSR count). The van der Waals surface area contributed by atoms with Crippen LogP contribution in [0.1, 0.15) is 30.6 Å². The summed E-state index contributed by atoms with van der Waals surface area (Å²) in [5.41, 5.74) is 10.9. The molecule has 2 amide bonds. The molecule has 0 aromatic heterocycles. The lowest BCUT2D eigenvalue weighted by Gasteiger charge is -2.25. The van der Waals surface area contributed by atoms with Crippen molar-refractivity contribution in [3.05, 3.63) is 28.8 Å². The first-order valence-electron chi connectivity index (χ1n) is 5.95.